The van der Waals surface area contributed by atoms with Crippen LogP contribution in [0.25, 0.3) is 10.9 Å². The van der Waals surface area contributed by atoms with Crippen LogP contribution in [0.2, 0.25) is 0 Å². The molecule has 136 valence electrons. The smallest absolute Gasteiger partial charge is 0.422 e. The molecule has 0 N–H and O–H groups in total. The molecule has 26 heavy (non-hydrogen) atoms. The zero-order valence-electron chi connectivity index (χ0n) is 15.4. The van der Waals surface area contributed by atoms with Crippen molar-refractivity contribution in [2.75, 3.05) is 6.61 Å². The molecule has 0 aliphatic heterocycles. The Morgan fingerprint density at radius 3 is 2.38 bits per heavy atom. The SMILES string of the molecule is Cc1cc(C)cc(OCCCCn2c(=O)oc(=O)c3cc(C)ccc32)c1. The van der Waals surface area contributed by atoms with Gasteiger partial charge in [-0.15, -0.1) is 0 Å². The Labute approximate surface area is 151 Å². The lowest BCUT2D eigenvalue weighted by molar-refractivity contribution is 0.300. The van der Waals surface area contributed by atoms with Crippen molar-refractivity contribution in [3.8, 4) is 5.75 Å². The summed E-state index contributed by atoms with van der Waals surface area (Å²) in [6.07, 6.45) is 1.55. The molecular weight excluding hydrogens is 330 g/mol. The first-order chi connectivity index (χ1) is 12.4. The van der Waals surface area contributed by atoms with Crippen LogP contribution in [0.3, 0.4) is 0 Å². The molecule has 0 atom stereocenters. The summed E-state index contributed by atoms with van der Waals surface area (Å²) < 4.78 is 12.2. The van der Waals surface area contributed by atoms with Gasteiger partial charge in [-0.2, -0.15) is 0 Å². The van der Waals surface area contributed by atoms with E-state index in [1.165, 1.54) is 15.7 Å². The first kappa shape index (κ1) is 18.0. The molecule has 5 heteroatoms. The first-order valence-electron chi connectivity index (χ1n) is 8.79. The van der Waals surface area contributed by atoms with Crippen molar-refractivity contribution in [3.63, 3.8) is 0 Å². The fourth-order valence-electron chi connectivity index (χ4n) is 3.13. The molecular formula is C21H23NO4. The monoisotopic (exact) mass is 353 g/mol. The third-order valence-corrected chi connectivity index (χ3v) is 4.30. The average molecular weight is 353 g/mol. The van der Waals surface area contributed by atoms with Crippen molar-refractivity contribution >= 4 is 10.9 Å². The molecule has 3 rings (SSSR count). The number of ether oxygens (including phenoxy) is 1. The van der Waals surface area contributed by atoms with Gasteiger partial charge in [0.2, 0.25) is 0 Å². The highest BCUT2D eigenvalue weighted by atomic mass is 16.5. The highest BCUT2D eigenvalue weighted by Crippen LogP contribution is 2.17. The third kappa shape index (κ3) is 4.04. The number of hydrogen-bond donors (Lipinski definition) is 0. The zero-order chi connectivity index (χ0) is 18.7. The second-order valence-electron chi connectivity index (χ2n) is 6.71. The molecule has 1 aromatic heterocycles. The summed E-state index contributed by atoms with van der Waals surface area (Å²) in [4.78, 5) is 24.0. The Kier molecular flexibility index (Phi) is 5.26. The molecule has 3 aromatic rings. The molecule has 5 nitrogen and oxygen atoms in total. The van der Waals surface area contributed by atoms with Gasteiger partial charge in [-0.3, -0.25) is 4.57 Å². The summed E-state index contributed by atoms with van der Waals surface area (Å²) in [6, 6.07) is 11.6. The summed E-state index contributed by atoms with van der Waals surface area (Å²) in [7, 11) is 0. The largest absolute Gasteiger partial charge is 0.494 e. The van der Waals surface area contributed by atoms with Gasteiger partial charge < -0.3 is 9.15 Å². The Morgan fingerprint density at radius 1 is 0.923 bits per heavy atom. The third-order valence-electron chi connectivity index (χ3n) is 4.30. The van der Waals surface area contributed by atoms with Crippen molar-refractivity contribution in [1.82, 2.24) is 4.57 Å². The van der Waals surface area contributed by atoms with Gasteiger partial charge in [0.1, 0.15) is 5.75 Å². The Balaban J connectivity index is 1.65. The van der Waals surface area contributed by atoms with Gasteiger partial charge in [-0.05, 0) is 69.0 Å². The van der Waals surface area contributed by atoms with Crippen LogP contribution in [0.1, 0.15) is 29.5 Å². The Hall–Kier alpha value is -2.82. The summed E-state index contributed by atoms with van der Waals surface area (Å²) in [5.41, 5.74) is 3.34. The van der Waals surface area contributed by atoms with Crippen LogP contribution in [0.5, 0.6) is 5.75 Å². The van der Waals surface area contributed by atoms with Crippen molar-refractivity contribution in [1.29, 1.82) is 0 Å². The minimum atomic E-state index is -0.610. The van der Waals surface area contributed by atoms with E-state index in [1.807, 2.05) is 39.0 Å². The Bertz CT molecular complexity index is 1030. The number of hydrogen-bond acceptors (Lipinski definition) is 4. The number of fused-ring (bicyclic) bond motifs is 1. The van der Waals surface area contributed by atoms with Crippen LogP contribution in [0.15, 0.2) is 50.4 Å². The lowest BCUT2D eigenvalue weighted by Gasteiger charge is -2.10. The van der Waals surface area contributed by atoms with Gasteiger partial charge in [-0.25, -0.2) is 9.59 Å². The second kappa shape index (κ2) is 7.60. The summed E-state index contributed by atoms with van der Waals surface area (Å²) in [6.45, 7) is 7.05. The maximum atomic E-state index is 12.1. The van der Waals surface area contributed by atoms with E-state index in [-0.39, 0.29) is 0 Å². The van der Waals surface area contributed by atoms with Crippen LogP contribution in [0.4, 0.5) is 0 Å². The maximum Gasteiger partial charge on any atom is 0.422 e. The predicted molar refractivity (Wildman–Crippen MR) is 102 cm³/mol. The summed E-state index contributed by atoms with van der Waals surface area (Å²) in [5.74, 6) is 0.257. The molecule has 0 aliphatic carbocycles. The fourth-order valence-corrected chi connectivity index (χ4v) is 3.13. The van der Waals surface area contributed by atoms with E-state index in [4.69, 9.17) is 9.15 Å². The Morgan fingerprint density at radius 2 is 1.65 bits per heavy atom. The van der Waals surface area contributed by atoms with E-state index in [1.54, 1.807) is 12.1 Å². The van der Waals surface area contributed by atoms with Gasteiger partial charge >= 0.3 is 11.4 Å². The van der Waals surface area contributed by atoms with Crippen LogP contribution in [-0.4, -0.2) is 11.2 Å². The lowest BCUT2D eigenvalue weighted by Crippen LogP contribution is -2.25. The molecule has 0 saturated heterocycles. The van der Waals surface area contributed by atoms with Crippen LogP contribution >= 0.6 is 0 Å². The molecule has 0 unspecified atom stereocenters. The number of aryl methyl sites for hydroxylation is 4. The minimum Gasteiger partial charge on any atom is -0.494 e. The number of benzene rings is 2. The standard InChI is InChI=1S/C21H23NO4/c1-14-6-7-19-18(13-14)20(23)26-21(24)22(19)8-4-5-9-25-17-11-15(2)10-16(3)12-17/h6-7,10-13H,4-5,8-9H2,1-3H3. The highest BCUT2D eigenvalue weighted by Gasteiger charge is 2.09. The van der Waals surface area contributed by atoms with E-state index in [0.717, 1.165) is 24.2 Å². The van der Waals surface area contributed by atoms with E-state index in [9.17, 15) is 9.59 Å². The van der Waals surface area contributed by atoms with Crippen LogP contribution < -0.4 is 16.1 Å². The zero-order valence-corrected chi connectivity index (χ0v) is 15.4. The maximum absolute atomic E-state index is 12.1. The molecule has 0 saturated carbocycles. The van der Waals surface area contributed by atoms with E-state index < -0.39 is 11.4 Å². The van der Waals surface area contributed by atoms with Gasteiger partial charge in [0.15, 0.2) is 0 Å². The van der Waals surface area contributed by atoms with Crippen molar-refractivity contribution in [3.05, 3.63) is 74.1 Å². The number of aromatic nitrogens is 1. The van der Waals surface area contributed by atoms with Crippen LogP contribution in [-0.2, 0) is 6.54 Å². The van der Waals surface area contributed by atoms with Gasteiger partial charge in [0, 0.05) is 6.54 Å². The van der Waals surface area contributed by atoms with Crippen molar-refractivity contribution in [2.24, 2.45) is 0 Å². The highest BCUT2D eigenvalue weighted by molar-refractivity contribution is 5.78. The van der Waals surface area contributed by atoms with Gasteiger partial charge in [0.05, 0.1) is 17.5 Å². The van der Waals surface area contributed by atoms with E-state index in [0.29, 0.717) is 24.1 Å². The summed E-state index contributed by atoms with van der Waals surface area (Å²) in [5, 5.41) is 0.441. The van der Waals surface area contributed by atoms with Crippen LogP contribution in [0, 0.1) is 20.8 Å². The second-order valence-corrected chi connectivity index (χ2v) is 6.71. The average Bonchev–Trinajstić information content (AvgIpc) is 2.56. The molecule has 0 spiro atoms. The molecule has 0 radical (unpaired) electrons. The number of unbranched alkanes of at least 4 members (excludes halogenated alkanes) is 1. The summed E-state index contributed by atoms with van der Waals surface area (Å²) >= 11 is 0. The number of nitrogens with zero attached hydrogens (tertiary/aromatic N) is 1. The van der Waals surface area contributed by atoms with E-state index >= 15 is 0 Å². The predicted octanol–water partition coefficient (Wildman–Crippen LogP) is 3.74. The van der Waals surface area contributed by atoms with Crippen molar-refractivity contribution < 1.29 is 9.15 Å². The van der Waals surface area contributed by atoms with Gasteiger partial charge in [0.25, 0.3) is 0 Å². The molecule has 0 amide bonds. The fraction of sp³-hybridized carbons (Fsp3) is 0.333. The topological polar surface area (TPSA) is 61.4 Å². The normalized spacial score (nSPS) is 11.0. The van der Waals surface area contributed by atoms with Crippen molar-refractivity contribution in [2.45, 2.75) is 40.2 Å². The lowest BCUT2D eigenvalue weighted by atomic mass is 10.1. The quantitative estimate of drug-likeness (QED) is 0.634. The first-order valence-corrected chi connectivity index (χ1v) is 8.79. The number of rotatable bonds is 6. The minimum absolute atomic E-state index is 0.441. The molecule has 2 aromatic carbocycles. The molecule has 0 aliphatic rings. The molecule has 0 bridgehead atoms. The van der Waals surface area contributed by atoms with Gasteiger partial charge in [-0.1, -0.05) is 17.7 Å². The molecule has 0 fully saturated rings. The molecule has 1 heterocycles. The van der Waals surface area contributed by atoms with E-state index in [2.05, 4.69) is 6.07 Å².